The number of amides is 3. The SMILES string of the molecule is O=C(NC(=O)c1c(F)cccc1F)Nc1ccc(-c2ncc(C(F)(F)F)cc2Cl)cc1O. The monoisotopic (exact) mass is 471 g/mol. The molecule has 166 valence electrons. The molecule has 0 saturated heterocycles. The Bertz CT molecular complexity index is 1200. The van der Waals surface area contributed by atoms with E-state index in [2.05, 4.69) is 10.3 Å². The van der Waals surface area contributed by atoms with Crippen LogP contribution in [0.3, 0.4) is 0 Å². The maximum Gasteiger partial charge on any atom is 0.417 e. The fourth-order valence-electron chi connectivity index (χ4n) is 2.62. The summed E-state index contributed by atoms with van der Waals surface area (Å²) < 4.78 is 65.4. The highest BCUT2D eigenvalue weighted by molar-refractivity contribution is 6.33. The predicted molar refractivity (Wildman–Crippen MR) is 104 cm³/mol. The van der Waals surface area contributed by atoms with Crippen LogP contribution in [0.1, 0.15) is 15.9 Å². The lowest BCUT2D eigenvalue weighted by Crippen LogP contribution is -2.35. The molecule has 1 aromatic heterocycles. The van der Waals surface area contributed by atoms with E-state index in [4.69, 9.17) is 11.6 Å². The third kappa shape index (κ3) is 4.94. The van der Waals surface area contributed by atoms with Crippen molar-refractivity contribution in [3.05, 3.63) is 76.4 Å². The van der Waals surface area contributed by atoms with E-state index in [0.29, 0.717) is 12.3 Å². The predicted octanol–water partition coefficient (Wildman–Crippen LogP) is 5.37. The van der Waals surface area contributed by atoms with Crippen LogP contribution in [-0.4, -0.2) is 22.0 Å². The number of nitrogens with zero attached hydrogens (tertiary/aromatic N) is 1. The summed E-state index contributed by atoms with van der Waals surface area (Å²) >= 11 is 5.86. The van der Waals surface area contributed by atoms with Gasteiger partial charge in [0.2, 0.25) is 0 Å². The molecule has 0 unspecified atom stereocenters. The number of anilines is 1. The summed E-state index contributed by atoms with van der Waals surface area (Å²) in [6.45, 7) is 0. The maximum atomic E-state index is 13.6. The van der Waals surface area contributed by atoms with Crippen LogP contribution < -0.4 is 10.6 Å². The average Bonchev–Trinajstić information content (AvgIpc) is 2.68. The topological polar surface area (TPSA) is 91.3 Å². The summed E-state index contributed by atoms with van der Waals surface area (Å²) in [4.78, 5) is 27.6. The Morgan fingerprint density at radius 3 is 2.25 bits per heavy atom. The number of hydrogen-bond acceptors (Lipinski definition) is 4. The van der Waals surface area contributed by atoms with Crippen molar-refractivity contribution in [3.63, 3.8) is 0 Å². The molecule has 12 heteroatoms. The fraction of sp³-hybridized carbons (Fsp3) is 0.0500. The number of hydrogen-bond donors (Lipinski definition) is 3. The number of aromatic nitrogens is 1. The van der Waals surface area contributed by atoms with Gasteiger partial charge in [-0.2, -0.15) is 13.2 Å². The van der Waals surface area contributed by atoms with Crippen molar-refractivity contribution in [2.45, 2.75) is 6.18 Å². The van der Waals surface area contributed by atoms with Gasteiger partial charge in [0, 0.05) is 11.8 Å². The highest BCUT2D eigenvalue weighted by atomic mass is 35.5. The first-order valence-electron chi connectivity index (χ1n) is 8.60. The van der Waals surface area contributed by atoms with Crippen molar-refractivity contribution in [2.24, 2.45) is 0 Å². The Hall–Kier alpha value is -3.73. The molecule has 0 radical (unpaired) electrons. The van der Waals surface area contributed by atoms with E-state index in [1.807, 2.05) is 0 Å². The van der Waals surface area contributed by atoms with Crippen molar-refractivity contribution in [3.8, 4) is 17.0 Å². The van der Waals surface area contributed by atoms with Gasteiger partial charge in [-0.3, -0.25) is 15.1 Å². The van der Waals surface area contributed by atoms with Crippen molar-refractivity contribution < 1.29 is 36.6 Å². The van der Waals surface area contributed by atoms with Crippen LogP contribution in [0.2, 0.25) is 5.02 Å². The Balaban J connectivity index is 1.76. The van der Waals surface area contributed by atoms with Crippen LogP contribution in [0.4, 0.5) is 32.4 Å². The molecule has 0 aliphatic carbocycles. The number of carbonyl (C=O) groups excluding carboxylic acids is 2. The van der Waals surface area contributed by atoms with Gasteiger partial charge < -0.3 is 10.4 Å². The third-order valence-corrected chi connectivity index (χ3v) is 4.39. The number of benzene rings is 2. The molecule has 0 aliphatic rings. The number of urea groups is 1. The second kappa shape index (κ2) is 8.79. The molecular weight excluding hydrogens is 461 g/mol. The summed E-state index contributed by atoms with van der Waals surface area (Å²) in [6.07, 6.45) is -4.06. The van der Waals surface area contributed by atoms with Crippen LogP contribution in [0.25, 0.3) is 11.3 Å². The molecule has 3 amide bonds. The van der Waals surface area contributed by atoms with Crippen LogP contribution in [-0.2, 0) is 6.18 Å². The summed E-state index contributed by atoms with van der Waals surface area (Å²) in [7, 11) is 0. The first-order valence-corrected chi connectivity index (χ1v) is 8.97. The lowest BCUT2D eigenvalue weighted by atomic mass is 10.1. The molecule has 3 aromatic rings. The molecule has 0 fully saturated rings. The van der Waals surface area contributed by atoms with E-state index in [-0.39, 0.29) is 22.0 Å². The van der Waals surface area contributed by atoms with Crippen molar-refractivity contribution in [2.75, 3.05) is 5.32 Å². The number of nitrogens with one attached hydrogen (secondary N) is 2. The number of carbonyl (C=O) groups is 2. The number of aromatic hydroxyl groups is 1. The molecule has 0 saturated carbocycles. The molecular formula is C20H11ClF5N3O3. The van der Waals surface area contributed by atoms with Crippen molar-refractivity contribution >= 4 is 29.2 Å². The molecule has 3 N–H and O–H groups in total. The zero-order chi connectivity index (χ0) is 23.6. The molecule has 0 atom stereocenters. The van der Waals surface area contributed by atoms with Crippen molar-refractivity contribution in [1.29, 1.82) is 0 Å². The molecule has 6 nitrogen and oxygen atoms in total. The number of imide groups is 1. The molecule has 0 spiro atoms. The lowest BCUT2D eigenvalue weighted by molar-refractivity contribution is -0.137. The summed E-state index contributed by atoms with van der Waals surface area (Å²) in [6, 6.07) is 5.69. The van der Waals surface area contributed by atoms with E-state index in [1.165, 1.54) is 6.07 Å². The van der Waals surface area contributed by atoms with Crippen LogP contribution >= 0.6 is 11.6 Å². The first-order chi connectivity index (χ1) is 15.0. The van der Waals surface area contributed by atoms with Gasteiger partial charge >= 0.3 is 12.2 Å². The Morgan fingerprint density at radius 1 is 1.03 bits per heavy atom. The smallest absolute Gasteiger partial charge is 0.417 e. The van der Waals surface area contributed by atoms with Crippen LogP contribution in [0.15, 0.2) is 48.7 Å². The normalized spacial score (nSPS) is 11.2. The molecule has 3 rings (SSSR count). The first kappa shape index (κ1) is 22.9. The minimum Gasteiger partial charge on any atom is -0.506 e. The summed E-state index contributed by atoms with van der Waals surface area (Å²) in [5, 5.41) is 13.6. The van der Waals surface area contributed by atoms with Gasteiger partial charge in [-0.25, -0.2) is 13.6 Å². The number of alkyl halides is 3. The van der Waals surface area contributed by atoms with E-state index >= 15 is 0 Å². The zero-order valence-electron chi connectivity index (χ0n) is 15.6. The molecule has 2 aromatic carbocycles. The van der Waals surface area contributed by atoms with E-state index in [0.717, 1.165) is 30.3 Å². The lowest BCUT2D eigenvalue weighted by Gasteiger charge is -2.12. The third-order valence-electron chi connectivity index (χ3n) is 4.10. The molecule has 0 bridgehead atoms. The molecule has 0 aliphatic heterocycles. The van der Waals surface area contributed by atoms with Gasteiger partial charge in [-0.1, -0.05) is 23.7 Å². The van der Waals surface area contributed by atoms with E-state index in [9.17, 15) is 36.6 Å². The largest absolute Gasteiger partial charge is 0.506 e. The zero-order valence-corrected chi connectivity index (χ0v) is 16.4. The van der Waals surface area contributed by atoms with E-state index in [1.54, 1.807) is 5.32 Å². The summed E-state index contributed by atoms with van der Waals surface area (Å²) in [5.74, 6) is -4.25. The standard InChI is InChI=1S/C20H11ClF5N3O3/c21-11-7-10(20(24,25)26)8-27-17(11)9-4-5-14(15(30)6-9)28-19(32)29-18(31)16-12(22)2-1-3-13(16)23/h1-8,30H,(H2,28,29,31,32). The average molecular weight is 472 g/mol. The Morgan fingerprint density at radius 2 is 1.69 bits per heavy atom. The minimum atomic E-state index is -4.64. The van der Waals surface area contributed by atoms with Crippen LogP contribution in [0, 0.1) is 11.6 Å². The van der Waals surface area contributed by atoms with E-state index < -0.39 is 46.6 Å². The van der Waals surface area contributed by atoms with Gasteiger partial charge in [0.1, 0.15) is 22.9 Å². The highest BCUT2D eigenvalue weighted by Gasteiger charge is 2.31. The number of rotatable bonds is 3. The number of phenols is 1. The second-order valence-corrected chi connectivity index (χ2v) is 6.70. The molecule has 1 heterocycles. The van der Waals surface area contributed by atoms with Gasteiger partial charge in [-0.05, 0) is 30.3 Å². The van der Waals surface area contributed by atoms with Gasteiger partial charge in [-0.15, -0.1) is 0 Å². The van der Waals surface area contributed by atoms with Crippen molar-refractivity contribution in [1.82, 2.24) is 10.3 Å². The number of phenolic OH excluding ortho intramolecular Hbond substituents is 1. The van der Waals surface area contributed by atoms with Gasteiger partial charge in [0.25, 0.3) is 5.91 Å². The fourth-order valence-corrected chi connectivity index (χ4v) is 2.90. The quantitative estimate of drug-likeness (QED) is 0.354. The van der Waals surface area contributed by atoms with Gasteiger partial charge in [0.15, 0.2) is 0 Å². The van der Waals surface area contributed by atoms with Gasteiger partial charge in [0.05, 0.1) is 22.0 Å². The Kier molecular flexibility index (Phi) is 6.30. The summed E-state index contributed by atoms with van der Waals surface area (Å²) in [5.41, 5.74) is -2.16. The number of pyridine rings is 1. The number of halogens is 6. The molecule has 32 heavy (non-hydrogen) atoms. The second-order valence-electron chi connectivity index (χ2n) is 6.29. The highest BCUT2D eigenvalue weighted by Crippen LogP contribution is 2.36. The minimum absolute atomic E-state index is 0.0591. The van der Waals surface area contributed by atoms with Crippen LogP contribution in [0.5, 0.6) is 5.75 Å². The maximum absolute atomic E-state index is 13.6. The Labute approximate surface area is 181 Å².